The molecule has 2 aromatic rings. The van der Waals surface area contributed by atoms with Crippen LogP contribution in [0.5, 0.6) is 0 Å². The summed E-state index contributed by atoms with van der Waals surface area (Å²) in [4.78, 5) is 14.8. The molecule has 0 N–H and O–H groups in total. The van der Waals surface area contributed by atoms with Gasteiger partial charge in [-0.05, 0) is 44.5 Å². The maximum absolute atomic E-state index is 14.2. The summed E-state index contributed by atoms with van der Waals surface area (Å²) in [6, 6.07) is 13.6. The van der Waals surface area contributed by atoms with E-state index in [0.717, 1.165) is 5.56 Å². The van der Waals surface area contributed by atoms with E-state index in [4.69, 9.17) is 16.3 Å². The molecule has 130 valence electrons. The number of carbonyl (C=O) groups is 1. The van der Waals surface area contributed by atoms with Crippen molar-refractivity contribution in [2.24, 2.45) is 0 Å². The highest BCUT2D eigenvalue weighted by molar-refractivity contribution is 6.30. The first-order valence-corrected chi connectivity index (χ1v) is 8.37. The van der Waals surface area contributed by atoms with Crippen molar-refractivity contribution in [2.75, 3.05) is 6.73 Å². The number of nitrogens with zero attached hydrogens (tertiary/aromatic N) is 1. The van der Waals surface area contributed by atoms with Gasteiger partial charge in [0.05, 0.1) is 11.1 Å². The average molecular weight is 360 g/mol. The van der Waals surface area contributed by atoms with Crippen LogP contribution in [0.1, 0.15) is 31.9 Å². The van der Waals surface area contributed by atoms with Gasteiger partial charge < -0.3 is 4.74 Å². The molecule has 3 nitrogen and oxygen atoms in total. The Labute approximate surface area is 151 Å². The zero-order valence-electron chi connectivity index (χ0n) is 14.3. The van der Waals surface area contributed by atoms with Gasteiger partial charge in [0.25, 0.3) is 5.91 Å². The van der Waals surface area contributed by atoms with Crippen LogP contribution in [0.3, 0.4) is 0 Å². The van der Waals surface area contributed by atoms with Gasteiger partial charge in [-0.1, -0.05) is 41.9 Å². The number of allylic oxidation sites excluding steroid dienone is 1. The summed E-state index contributed by atoms with van der Waals surface area (Å²) >= 11 is 6.10. The second-order valence-corrected chi connectivity index (χ2v) is 6.92. The molecule has 0 radical (unpaired) electrons. The third-order valence-corrected chi connectivity index (χ3v) is 4.81. The predicted molar refractivity (Wildman–Crippen MR) is 96.3 cm³/mol. The van der Waals surface area contributed by atoms with Crippen LogP contribution in [0.25, 0.3) is 5.57 Å². The number of ether oxygens (including phenoxy) is 1. The summed E-state index contributed by atoms with van der Waals surface area (Å²) in [5.74, 6) is -0.289. The van der Waals surface area contributed by atoms with E-state index in [2.05, 4.69) is 0 Å². The van der Waals surface area contributed by atoms with E-state index in [1.807, 2.05) is 32.0 Å². The van der Waals surface area contributed by atoms with Gasteiger partial charge in [-0.25, -0.2) is 4.39 Å². The highest BCUT2D eigenvalue weighted by Crippen LogP contribution is 2.36. The van der Waals surface area contributed by atoms with Crippen molar-refractivity contribution in [3.8, 4) is 0 Å². The van der Waals surface area contributed by atoms with Crippen LogP contribution in [-0.2, 0) is 15.1 Å². The first-order chi connectivity index (χ1) is 11.8. The molecule has 0 spiro atoms. The SMILES string of the molecule is CC1=C(c2ccccc2F)C(=O)N(C(C)(C)c2cccc(Cl)c2)CO1. The molecule has 0 saturated heterocycles. The summed E-state index contributed by atoms with van der Waals surface area (Å²) in [7, 11) is 0. The van der Waals surface area contributed by atoms with Gasteiger partial charge in [0.1, 0.15) is 11.6 Å². The molecule has 0 saturated carbocycles. The van der Waals surface area contributed by atoms with Crippen LogP contribution in [-0.4, -0.2) is 17.5 Å². The summed E-state index contributed by atoms with van der Waals surface area (Å²) in [6.45, 7) is 5.62. The van der Waals surface area contributed by atoms with Crippen LogP contribution in [0.4, 0.5) is 4.39 Å². The Bertz CT molecular complexity index is 860. The molecule has 1 heterocycles. The number of hydrogen-bond acceptors (Lipinski definition) is 2. The zero-order valence-corrected chi connectivity index (χ0v) is 15.1. The van der Waals surface area contributed by atoms with Gasteiger partial charge in [-0.3, -0.25) is 9.69 Å². The van der Waals surface area contributed by atoms with Crippen molar-refractivity contribution in [3.05, 3.63) is 76.3 Å². The largest absolute Gasteiger partial charge is 0.477 e. The first kappa shape index (κ1) is 17.5. The van der Waals surface area contributed by atoms with Crippen LogP contribution >= 0.6 is 11.6 Å². The fourth-order valence-electron chi connectivity index (χ4n) is 2.99. The highest BCUT2D eigenvalue weighted by atomic mass is 35.5. The number of benzene rings is 2. The van der Waals surface area contributed by atoms with E-state index in [9.17, 15) is 9.18 Å². The molecular weight excluding hydrogens is 341 g/mol. The number of carbonyl (C=O) groups excluding carboxylic acids is 1. The summed E-state index contributed by atoms with van der Waals surface area (Å²) in [6.07, 6.45) is 0. The van der Waals surface area contributed by atoms with Crippen molar-refractivity contribution in [3.63, 3.8) is 0 Å². The maximum atomic E-state index is 14.2. The Hall–Kier alpha value is -2.33. The number of hydrogen-bond donors (Lipinski definition) is 0. The van der Waals surface area contributed by atoms with Crippen molar-refractivity contribution in [1.29, 1.82) is 0 Å². The van der Waals surface area contributed by atoms with E-state index in [1.54, 1.807) is 36.1 Å². The van der Waals surface area contributed by atoms with Crippen LogP contribution in [0.15, 0.2) is 54.3 Å². The number of rotatable bonds is 3. The molecule has 0 fully saturated rings. The fraction of sp³-hybridized carbons (Fsp3) is 0.250. The summed E-state index contributed by atoms with van der Waals surface area (Å²) in [5.41, 5.74) is 0.708. The molecule has 0 bridgehead atoms. The van der Waals surface area contributed by atoms with Gasteiger partial charge in [-0.15, -0.1) is 0 Å². The lowest BCUT2D eigenvalue weighted by molar-refractivity contribution is -0.139. The first-order valence-electron chi connectivity index (χ1n) is 7.99. The predicted octanol–water partition coefficient (Wildman–Crippen LogP) is 4.96. The second kappa shape index (κ2) is 6.52. The Morgan fingerprint density at radius 3 is 2.56 bits per heavy atom. The van der Waals surface area contributed by atoms with E-state index >= 15 is 0 Å². The Morgan fingerprint density at radius 1 is 1.16 bits per heavy atom. The molecule has 5 heteroatoms. The molecule has 1 amide bonds. The minimum atomic E-state index is -0.667. The normalized spacial score (nSPS) is 15.4. The molecule has 1 aliphatic heterocycles. The third kappa shape index (κ3) is 3.14. The van der Waals surface area contributed by atoms with Gasteiger partial charge >= 0.3 is 0 Å². The number of amides is 1. The molecule has 3 rings (SSSR count). The molecule has 1 aliphatic rings. The van der Waals surface area contributed by atoms with Crippen molar-refractivity contribution in [2.45, 2.75) is 26.3 Å². The number of halogens is 2. The van der Waals surface area contributed by atoms with E-state index < -0.39 is 11.4 Å². The van der Waals surface area contributed by atoms with Gasteiger partial charge in [0, 0.05) is 10.6 Å². The zero-order chi connectivity index (χ0) is 18.2. The van der Waals surface area contributed by atoms with E-state index in [1.165, 1.54) is 6.07 Å². The lowest BCUT2D eigenvalue weighted by Crippen LogP contribution is -2.49. The molecule has 0 atom stereocenters. The smallest absolute Gasteiger partial charge is 0.261 e. The fourth-order valence-corrected chi connectivity index (χ4v) is 3.18. The molecule has 25 heavy (non-hydrogen) atoms. The Balaban J connectivity index is 2.04. The average Bonchev–Trinajstić information content (AvgIpc) is 2.56. The van der Waals surface area contributed by atoms with Gasteiger partial charge in [0.15, 0.2) is 6.73 Å². The standard InChI is InChI=1S/C20H19ClFNO2/c1-13-18(16-9-4-5-10-17(16)22)19(24)23(12-25-13)20(2,3)14-7-6-8-15(21)11-14/h4-11H,12H2,1-3H3. The topological polar surface area (TPSA) is 29.5 Å². The van der Waals surface area contributed by atoms with Crippen LogP contribution in [0.2, 0.25) is 5.02 Å². The van der Waals surface area contributed by atoms with Crippen molar-refractivity contribution >= 4 is 23.1 Å². The van der Waals surface area contributed by atoms with Crippen LogP contribution in [0, 0.1) is 5.82 Å². The maximum Gasteiger partial charge on any atom is 0.261 e. The van der Waals surface area contributed by atoms with Gasteiger partial charge in [0.2, 0.25) is 0 Å². The highest BCUT2D eigenvalue weighted by Gasteiger charge is 2.39. The molecule has 0 unspecified atom stereocenters. The van der Waals surface area contributed by atoms with Crippen LogP contribution < -0.4 is 0 Å². The Kier molecular flexibility index (Phi) is 4.56. The minimum Gasteiger partial charge on any atom is -0.477 e. The van der Waals surface area contributed by atoms with E-state index in [0.29, 0.717) is 10.8 Å². The Morgan fingerprint density at radius 2 is 1.88 bits per heavy atom. The summed E-state index contributed by atoms with van der Waals surface area (Å²) < 4.78 is 19.9. The summed E-state index contributed by atoms with van der Waals surface area (Å²) in [5, 5.41) is 0.594. The lowest BCUT2D eigenvalue weighted by atomic mass is 9.90. The lowest BCUT2D eigenvalue weighted by Gasteiger charge is -2.41. The third-order valence-electron chi connectivity index (χ3n) is 4.57. The second-order valence-electron chi connectivity index (χ2n) is 6.49. The molecule has 0 aromatic heterocycles. The molecule has 2 aromatic carbocycles. The van der Waals surface area contributed by atoms with Crippen molar-refractivity contribution in [1.82, 2.24) is 4.90 Å². The quantitative estimate of drug-likeness (QED) is 0.775. The minimum absolute atomic E-state index is 0.0993. The molecule has 0 aliphatic carbocycles. The van der Waals surface area contributed by atoms with Crippen molar-refractivity contribution < 1.29 is 13.9 Å². The van der Waals surface area contributed by atoms with E-state index in [-0.39, 0.29) is 23.8 Å². The molecular formula is C20H19ClFNO2. The van der Waals surface area contributed by atoms with Gasteiger partial charge in [-0.2, -0.15) is 0 Å². The monoisotopic (exact) mass is 359 g/mol.